The van der Waals surface area contributed by atoms with Crippen molar-refractivity contribution in [2.75, 3.05) is 6.61 Å². The van der Waals surface area contributed by atoms with Gasteiger partial charge in [-0.15, -0.1) is 0 Å². The summed E-state index contributed by atoms with van der Waals surface area (Å²) in [5.74, 6) is 0.392. The van der Waals surface area contributed by atoms with Gasteiger partial charge in [0.05, 0.1) is 6.61 Å². The molecule has 0 atom stereocenters. The van der Waals surface area contributed by atoms with E-state index in [0.717, 1.165) is 0 Å². The molecule has 1 aromatic rings. The maximum Gasteiger partial charge on any atom is 0.140 e. The lowest BCUT2D eigenvalue weighted by Crippen LogP contribution is -1.93. The molecule has 1 rings (SSSR count). The first-order chi connectivity index (χ1) is 5.79. The normalized spacial score (nSPS) is 9.00. The highest BCUT2D eigenvalue weighted by atomic mass is 16.5. The van der Waals surface area contributed by atoms with E-state index in [1.807, 2.05) is 13.0 Å². The van der Waals surface area contributed by atoms with E-state index in [1.165, 1.54) is 6.07 Å². The zero-order valence-electron chi connectivity index (χ0n) is 6.74. The molecule has 0 aromatic heterocycles. The summed E-state index contributed by atoms with van der Waals surface area (Å²) in [5, 5.41) is 17.9. The summed E-state index contributed by atoms with van der Waals surface area (Å²) in [7, 11) is 0. The maximum atomic E-state index is 9.22. The second-order valence-electron chi connectivity index (χ2n) is 2.20. The van der Waals surface area contributed by atoms with Crippen LogP contribution in [0, 0.1) is 11.3 Å². The van der Waals surface area contributed by atoms with Crippen LogP contribution in [0.4, 0.5) is 0 Å². The van der Waals surface area contributed by atoms with Crippen molar-refractivity contribution in [2.24, 2.45) is 0 Å². The van der Waals surface area contributed by atoms with Crippen LogP contribution in [0.25, 0.3) is 0 Å². The molecule has 0 aliphatic heterocycles. The molecular weight excluding hydrogens is 154 g/mol. The minimum atomic E-state index is -0.0385. The quantitative estimate of drug-likeness (QED) is 0.721. The van der Waals surface area contributed by atoms with Crippen LogP contribution in [-0.4, -0.2) is 11.7 Å². The minimum absolute atomic E-state index is 0.0385. The van der Waals surface area contributed by atoms with Crippen molar-refractivity contribution in [2.45, 2.75) is 6.92 Å². The van der Waals surface area contributed by atoms with Crippen LogP contribution in [0.2, 0.25) is 0 Å². The third kappa shape index (κ3) is 1.48. The highest BCUT2D eigenvalue weighted by Gasteiger charge is 2.06. The standard InChI is InChI=1S/C9H9NO2/c1-2-12-9-5-3-4-8(11)7(9)6-10/h3-5,11H,2H2,1H3. The Morgan fingerprint density at radius 1 is 1.58 bits per heavy atom. The smallest absolute Gasteiger partial charge is 0.140 e. The van der Waals surface area contributed by atoms with Crippen molar-refractivity contribution in [1.29, 1.82) is 5.26 Å². The van der Waals surface area contributed by atoms with Crippen molar-refractivity contribution in [3.8, 4) is 17.6 Å². The highest BCUT2D eigenvalue weighted by molar-refractivity contribution is 5.51. The summed E-state index contributed by atoms with van der Waals surface area (Å²) < 4.78 is 5.13. The van der Waals surface area contributed by atoms with E-state index in [2.05, 4.69) is 0 Å². The second kappa shape index (κ2) is 3.63. The molecule has 0 heterocycles. The number of aromatic hydroxyl groups is 1. The zero-order chi connectivity index (χ0) is 8.97. The van der Waals surface area contributed by atoms with Gasteiger partial charge < -0.3 is 9.84 Å². The second-order valence-corrected chi connectivity index (χ2v) is 2.20. The number of phenolic OH excluding ortho intramolecular Hbond substituents is 1. The predicted molar refractivity (Wildman–Crippen MR) is 44.0 cm³/mol. The Morgan fingerprint density at radius 3 is 2.92 bits per heavy atom. The van der Waals surface area contributed by atoms with Crippen molar-refractivity contribution in [3.05, 3.63) is 23.8 Å². The number of hydrogen-bond donors (Lipinski definition) is 1. The van der Waals surface area contributed by atoms with Gasteiger partial charge in [-0.05, 0) is 19.1 Å². The summed E-state index contributed by atoms with van der Waals surface area (Å²) >= 11 is 0. The third-order valence-corrected chi connectivity index (χ3v) is 1.42. The number of rotatable bonds is 2. The molecule has 1 N–H and O–H groups in total. The molecular formula is C9H9NO2. The summed E-state index contributed by atoms with van der Waals surface area (Å²) in [6.45, 7) is 2.31. The molecule has 0 radical (unpaired) electrons. The van der Waals surface area contributed by atoms with Gasteiger partial charge in [-0.25, -0.2) is 0 Å². The van der Waals surface area contributed by atoms with Gasteiger partial charge in [-0.2, -0.15) is 5.26 Å². The van der Waals surface area contributed by atoms with Gasteiger partial charge in [0.2, 0.25) is 0 Å². The van der Waals surface area contributed by atoms with Gasteiger partial charge >= 0.3 is 0 Å². The zero-order valence-corrected chi connectivity index (χ0v) is 6.74. The molecule has 0 saturated heterocycles. The van der Waals surface area contributed by atoms with Gasteiger partial charge in [-0.3, -0.25) is 0 Å². The van der Waals surface area contributed by atoms with Gasteiger partial charge in [0.25, 0.3) is 0 Å². The number of phenols is 1. The number of ether oxygens (including phenoxy) is 1. The minimum Gasteiger partial charge on any atom is -0.506 e. The van der Waals surface area contributed by atoms with E-state index in [0.29, 0.717) is 12.4 Å². The Balaban J connectivity index is 3.11. The lowest BCUT2D eigenvalue weighted by Gasteiger charge is -2.04. The Kier molecular flexibility index (Phi) is 2.54. The largest absolute Gasteiger partial charge is 0.506 e. The Labute approximate surface area is 70.8 Å². The number of nitrogens with zero attached hydrogens (tertiary/aromatic N) is 1. The molecule has 12 heavy (non-hydrogen) atoms. The molecule has 0 aliphatic carbocycles. The Morgan fingerprint density at radius 2 is 2.33 bits per heavy atom. The van der Waals surface area contributed by atoms with Crippen molar-refractivity contribution in [1.82, 2.24) is 0 Å². The lowest BCUT2D eigenvalue weighted by atomic mass is 10.2. The topological polar surface area (TPSA) is 53.2 Å². The van der Waals surface area contributed by atoms with Crippen molar-refractivity contribution >= 4 is 0 Å². The van der Waals surface area contributed by atoms with E-state index in [9.17, 15) is 5.11 Å². The fourth-order valence-corrected chi connectivity index (χ4v) is 0.908. The van der Waals surface area contributed by atoms with E-state index in [-0.39, 0.29) is 11.3 Å². The summed E-state index contributed by atoms with van der Waals surface area (Å²) in [4.78, 5) is 0. The van der Waals surface area contributed by atoms with Crippen LogP contribution in [-0.2, 0) is 0 Å². The van der Waals surface area contributed by atoms with E-state index >= 15 is 0 Å². The molecule has 1 aromatic carbocycles. The van der Waals surface area contributed by atoms with Crippen LogP contribution in [0.1, 0.15) is 12.5 Å². The molecule has 3 nitrogen and oxygen atoms in total. The fraction of sp³-hybridized carbons (Fsp3) is 0.222. The number of nitriles is 1. The summed E-state index contributed by atoms with van der Waals surface area (Å²) in [6, 6.07) is 6.63. The van der Waals surface area contributed by atoms with Crippen molar-refractivity contribution < 1.29 is 9.84 Å². The number of benzene rings is 1. The van der Waals surface area contributed by atoms with Crippen LogP contribution in [0.15, 0.2) is 18.2 Å². The molecule has 0 spiro atoms. The SMILES string of the molecule is CCOc1cccc(O)c1C#N. The van der Waals surface area contributed by atoms with Gasteiger partial charge in [0.1, 0.15) is 23.1 Å². The van der Waals surface area contributed by atoms with Crippen LogP contribution >= 0.6 is 0 Å². The number of hydrogen-bond acceptors (Lipinski definition) is 3. The summed E-state index contributed by atoms with van der Waals surface area (Å²) in [5.41, 5.74) is 0.194. The van der Waals surface area contributed by atoms with Gasteiger partial charge in [0, 0.05) is 0 Å². The monoisotopic (exact) mass is 163 g/mol. The van der Waals surface area contributed by atoms with E-state index in [1.54, 1.807) is 12.1 Å². The van der Waals surface area contributed by atoms with E-state index < -0.39 is 0 Å². The van der Waals surface area contributed by atoms with Gasteiger partial charge in [-0.1, -0.05) is 6.07 Å². The van der Waals surface area contributed by atoms with Crippen LogP contribution < -0.4 is 4.74 Å². The average molecular weight is 163 g/mol. The molecule has 0 bridgehead atoms. The highest BCUT2D eigenvalue weighted by Crippen LogP contribution is 2.25. The molecule has 0 saturated carbocycles. The maximum absolute atomic E-state index is 9.22. The molecule has 3 heteroatoms. The fourth-order valence-electron chi connectivity index (χ4n) is 0.908. The first kappa shape index (κ1) is 8.41. The molecule has 0 fully saturated rings. The molecule has 62 valence electrons. The average Bonchev–Trinajstić information content (AvgIpc) is 2.05. The first-order valence-electron chi connectivity index (χ1n) is 3.64. The van der Waals surface area contributed by atoms with Crippen LogP contribution in [0.5, 0.6) is 11.5 Å². The van der Waals surface area contributed by atoms with E-state index in [4.69, 9.17) is 10.00 Å². The molecule has 0 unspecified atom stereocenters. The molecule has 0 aliphatic rings. The van der Waals surface area contributed by atoms with Gasteiger partial charge in [0.15, 0.2) is 0 Å². The summed E-state index contributed by atoms with van der Waals surface area (Å²) in [6.07, 6.45) is 0. The first-order valence-corrected chi connectivity index (χ1v) is 3.64. The molecule has 0 amide bonds. The third-order valence-electron chi connectivity index (χ3n) is 1.42. The lowest BCUT2D eigenvalue weighted by molar-refractivity contribution is 0.336. The Hall–Kier alpha value is -1.69. The Bertz CT molecular complexity index is 315. The van der Waals surface area contributed by atoms with Crippen molar-refractivity contribution in [3.63, 3.8) is 0 Å². The predicted octanol–water partition coefficient (Wildman–Crippen LogP) is 1.66. The van der Waals surface area contributed by atoms with Crippen LogP contribution in [0.3, 0.4) is 0 Å².